The van der Waals surface area contributed by atoms with E-state index in [2.05, 4.69) is 31.0 Å². The topological polar surface area (TPSA) is 88.2 Å². The van der Waals surface area contributed by atoms with Gasteiger partial charge in [-0.05, 0) is 42.8 Å². The molecular weight excluding hydrogens is 394 g/mol. The molecule has 0 aliphatic rings. The number of nitrogens with one attached hydrogen (secondary N) is 2. The maximum Gasteiger partial charge on any atom is 0.240 e. The second-order valence-electron chi connectivity index (χ2n) is 5.17. The van der Waals surface area contributed by atoms with Crippen molar-refractivity contribution in [2.24, 2.45) is 0 Å². The average Bonchev–Trinajstić information content (AvgIpc) is 2.55. The molecule has 1 heterocycles. The number of carbonyl (C=O) groups is 1. The van der Waals surface area contributed by atoms with Gasteiger partial charge >= 0.3 is 0 Å². The van der Waals surface area contributed by atoms with Crippen LogP contribution < -0.4 is 10.0 Å². The summed E-state index contributed by atoms with van der Waals surface area (Å²) in [6.07, 6.45) is 3.37. The molecule has 2 aromatic rings. The normalized spacial score (nSPS) is 12.6. The number of nitrogens with zero attached hydrogens (tertiary/aromatic N) is 1. The Morgan fingerprint density at radius 1 is 1.25 bits per heavy atom. The second-order valence-corrected chi connectivity index (χ2v) is 7.86. The number of aromatic nitrogens is 1. The van der Waals surface area contributed by atoms with Gasteiger partial charge in [0.15, 0.2) is 0 Å². The van der Waals surface area contributed by atoms with Crippen LogP contribution >= 0.6 is 15.9 Å². The zero-order valence-electron chi connectivity index (χ0n) is 13.1. The zero-order valence-corrected chi connectivity index (χ0v) is 15.5. The lowest BCUT2D eigenvalue weighted by Crippen LogP contribution is -2.32. The summed E-state index contributed by atoms with van der Waals surface area (Å²) < 4.78 is 27.4. The molecule has 0 fully saturated rings. The molecule has 0 saturated heterocycles. The highest BCUT2D eigenvalue weighted by Crippen LogP contribution is 2.15. The highest BCUT2D eigenvalue weighted by molar-refractivity contribution is 9.10. The molecule has 1 aromatic heterocycles. The smallest absolute Gasteiger partial charge is 0.240 e. The van der Waals surface area contributed by atoms with Gasteiger partial charge in [-0.2, -0.15) is 0 Å². The molecule has 2 N–H and O–H groups in total. The quantitative estimate of drug-likeness (QED) is 0.731. The Morgan fingerprint density at radius 2 is 1.96 bits per heavy atom. The Labute approximate surface area is 149 Å². The first-order valence-electron chi connectivity index (χ1n) is 7.33. The lowest BCUT2D eigenvalue weighted by atomic mass is 10.1. The summed E-state index contributed by atoms with van der Waals surface area (Å²) in [6.45, 7) is 1.89. The molecule has 24 heavy (non-hydrogen) atoms. The van der Waals surface area contributed by atoms with Crippen LogP contribution in [0.4, 0.5) is 0 Å². The lowest BCUT2D eigenvalue weighted by Gasteiger charge is -2.14. The maximum atomic E-state index is 12.1. The van der Waals surface area contributed by atoms with E-state index in [1.165, 1.54) is 12.1 Å². The van der Waals surface area contributed by atoms with Crippen molar-refractivity contribution in [3.8, 4) is 0 Å². The molecule has 1 atom stereocenters. The minimum atomic E-state index is -3.63. The molecule has 0 radical (unpaired) electrons. The fourth-order valence-electron chi connectivity index (χ4n) is 2.07. The molecule has 1 unspecified atom stereocenters. The summed E-state index contributed by atoms with van der Waals surface area (Å²) in [5.41, 5.74) is 0.938. The van der Waals surface area contributed by atoms with E-state index in [1.54, 1.807) is 24.5 Å². The van der Waals surface area contributed by atoms with Crippen LogP contribution in [0.5, 0.6) is 0 Å². The summed E-state index contributed by atoms with van der Waals surface area (Å²) in [5.74, 6) is -0.226. The first kappa shape index (κ1) is 18.6. The first-order valence-corrected chi connectivity index (χ1v) is 9.60. The van der Waals surface area contributed by atoms with E-state index in [9.17, 15) is 13.2 Å². The Balaban J connectivity index is 1.84. The molecular formula is C16H18BrN3O3S. The maximum absolute atomic E-state index is 12.1. The highest BCUT2D eigenvalue weighted by Gasteiger charge is 2.15. The largest absolute Gasteiger partial charge is 0.350 e. The van der Waals surface area contributed by atoms with Gasteiger partial charge in [0.25, 0.3) is 0 Å². The third-order valence-corrected chi connectivity index (χ3v) is 5.29. The van der Waals surface area contributed by atoms with Crippen LogP contribution in [0.2, 0.25) is 0 Å². The molecule has 1 amide bonds. The molecule has 8 heteroatoms. The van der Waals surface area contributed by atoms with Gasteiger partial charge < -0.3 is 5.32 Å². The number of sulfonamides is 1. The number of amides is 1. The van der Waals surface area contributed by atoms with Crippen LogP contribution in [0.1, 0.15) is 24.9 Å². The van der Waals surface area contributed by atoms with Gasteiger partial charge in [-0.3, -0.25) is 9.78 Å². The molecule has 6 nitrogen and oxygen atoms in total. The fourth-order valence-corrected chi connectivity index (χ4v) is 3.69. The van der Waals surface area contributed by atoms with E-state index in [1.807, 2.05) is 19.1 Å². The molecule has 0 spiro atoms. The Kier molecular flexibility index (Phi) is 6.47. The minimum Gasteiger partial charge on any atom is -0.350 e. The van der Waals surface area contributed by atoms with E-state index in [0.717, 1.165) is 5.56 Å². The third-order valence-electron chi connectivity index (χ3n) is 3.33. The van der Waals surface area contributed by atoms with Crippen molar-refractivity contribution < 1.29 is 13.2 Å². The summed E-state index contributed by atoms with van der Waals surface area (Å²) in [7, 11) is -3.63. The Morgan fingerprint density at radius 3 is 2.62 bits per heavy atom. The molecule has 0 saturated carbocycles. The monoisotopic (exact) mass is 411 g/mol. The predicted molar refractivity (Wildman–Crippen MR) is 94.7 cm³/mol. The van der Waals surface area contributed by atoms with E-state index >= 15 is 0 Å². The summed E-state index contributed by atoms with van der Waals surface area (Å²) in [4.78, 5) is 16.0. The molecule has 1 aromatic carbocycles. The average molecular weight is 412 g/mol. The summed E-state index contributed by atoms with van der Waals surface area (Å²) in [5, 5.41) is 2.82. The number of hydrogen-bond donors (Lipinski definition) is 2. The van der Waals surface area contributed by atoms with Crippen molar-refractivity contribution in [1.82, 2.24) is 15.0 Å². The number of benzene rings is 1. The van der Waals surface area contributed by atoms with Gasteiger partial charge in [0.05, 0.1) is 10.9 Å². The summed E-state index contributed by atoms with van der Waals surface area (Å²) >= 11 is 3.23. The number of rotatable bonds is 7. The van der Waals surface area contributed by atoms with Crippen molar-refractivity contribution in [1.29, 1.82) is 0 Å². The molecule has 128 valence electrons. The zero-order chi connectivity index (χ0) is 17.6. The van der Waals surface area contributed by atoms with Gasteiger partial charge in [-0.15, -0.1) is 0 Å². The number of carbonyl (C=O) groups excluding carboxylic acids is 1. The van der Waals surface area contributed by atoms with E-state index in [-0.39, 0.29) is 29.8 Å². The van der Waals surface area contributed by atoms with Gasteiger partial charge in [-0.25, -0.2) is 13.1 Å². The first-order chi connectivity index (χ1) is 11.4. The molecule has 0 bridgehead atoms. The molecule has 2 rings (SSSR count). The SMILES string of the molecule is CC(NC(=O)CCNS(=O)(=O)c1cccc(Br)c1)c1ccncc1. The van der Waals surface area contributed by atoms with E-state index in [4.69, 9.17) is 0 Å². The molecule has 0 aliphatic carbocycles. The third kappa shape index (κ3) is 5.40. The van der Waals surface area contributed by atoms with Crippen molar-refractivity contribution in [3.05, 3.63) is 58.8 Å². The van der Waals surface area contributed by atoms with Crippen LogP contribution in [0, 0.1) is 0 Å². The van der Waals surface area contributed by atoms with Crippen LogP contribution in [0.15, 0.2) is 58.2 Å². The van der Waals surface area contributed by atoms with Gasteiger partial charge in [0.2, 0.25) is 15.9 Å². The minimum absolute atomic E-state index is 0.0315. The van der Waals surface area contributed by atoms with Crippen molar-refractivity contribution >= 4 is 31.9 Å². The highest BCUT2D eigenvalue weighted by atomic mass is 79.9. The number of hydrogen-bond acceptors (Lipinski definition) is 4. The van der Waals surface area contributed by atoms with Crippen molar-refractivity contribution in [2.75, 3.05) is 6.54 Å². The van der Waals surface area contributed by atoms with E-state index in [0.29, 0.717) is 4.47 Å². The van der Waals surface area contributed by atoms with E-state index < -0.39 is 10.0 Å². The van der Waals surface area contributed by atoms with Gasteiger partial charge in [0.1, 0.15) is 0 Å². The van der Waals surface area contributed by atoms with Crippen LogP contribution in [0.3, 0.4) is 0 Å². The van der Waals surface area contributed by atoms with Crippen LogP contribution in [-0.4, -0.2) is 25.9 Å². The Bertz CT molecular complexity index is 797. The van der Waals surface area contributed by atoms with Crippen molar-refractivity contribution in [2.45, 2.75) is 24.3 Å². The number of pyridine rings is 1. The van der Waals surface area contributed by atoms with Crippen LogP contribution in [0.25, 0.3) is 0 Å². The second kappa shape index (κ2) is 8.36. The predicted octanol–water partition coefficient (Wildman–Crippen LogP) is 2.39. The van der Waals surface area contributed by atoms with Gasteiger partial charge in [0, 0.05) is 29.8 Å². The standard InChI is InChI=1S/C16H18BrN3O3S/c1-12(13-5-8-18-9-6-13)20-16(21)7-10-19-24(22,23)15-4-2-3-14(17)11-15/h2-6,8-9,11-12,19H,7,10H2,1H3,(H,20,21). The molecule has 0 aliphatic heterocycles. The Hall–Kier alpha value is -1.77. The van der Waals surface area contributed by atoms with Crippen molar-refractivity contribution in [3.63, 3.8) is 0 Å². The summed E-state index contributed by atoms with van der Waals surface area (Å²) in [6, 6.07) is 9.87. The van der Waals surface area contributed by atoms with Gasteiger partial charge in [-0.1, -0.05) is 22.0 Å². The number of halogens is 1. The lowest BCUT2D eigenvalue weighted by molar-refractivity contribution is -0.121. The fraction of sp³-hybridized carbons (Fsp3) is 0.250. The van der Waals surface area contributed by atoms with Crippen LogP contribution in [-0.2, 0) is 14.8 Å².